The van der Waals surface area contributed by atoms with E-state index in [1.54, 1.807) is 0 Å². The first kappa shape index (κ1) is 11.1. The molecule has 0 aromatic rings. The molecular weight excluding hydrogens is 156 g/mol. The van der Waals surface area contributed by atoms with Crippen LogP contribution in [0.5, 0.6) is 0 Å². The fourth-order valence-corrected chi connectivity index (χ4v) is 2.36. The van der Waals surface area contributed by atoms with E-state index in [1.807, 2.05) is 0 Å². The summed E-state index contributed by atoms with van der Waals surface area (Å²) in [5.41, 5.74) is 0.702. The van der Waals surface area contributed by atoms with Crippen LogP contribution in [-0.2, 0) is 0 Å². The summed E-state index contributed by atoms with van der Waals surface area (Å²) in [6, 6.07) is 0. The lowest BCUT2D eigenvalue weighted by Crippen LogP contribution is -2.12. The van der Waals surface area contributed by atoms with Crippen molar-refractivity contribution >= 4 is 0 Å². The minimum atomic E-state index is 0.702. The van der Waals surface area contributed by atoms with E-state index in [1.165, 1.54) is 25.7 Å². The summed E-state index contributed by atoms with van der Waals surface area (Å²) < 4.78 is 0. The minimum Gasteiger partial charge on any atom is -0.0651 e. The Morgan fingerprint density at radius 1 is 1.31 bits per heavy atom. The summed E-state index contributed by atoms with van der Waals surface area (Å²) in [6.07, 6.45) is 5.68. The lowest BCUT2D eigenvalue weighted by Gasteiger charge is -2.21. The molecule has 0 aromatic heterocycles. The monoisotopic (exact) mass is 182 g/mol. The maximum Gasteiger partial charge on any atom is -0.0272 e. The largest absolute Gasteiger partial charge is 0.0651 e. The van der Waals surface area contributed by atoms with Gasteiger partial charge >= 0.3 is 0 Å². The molecule has 0 nitrogen and oxygen atoms in total. The molecule has 1 aliphatic carbocycles. The van der Waals surface area contributed by atoms with E-state index in [-0.39, 0.29) is 0 Å². The summed E-state index contributed by atoms with van der Waals surface area (Å²) in [6.45, 7) is 12.0. The van der Waals surface area contributed by atoms with Crippen molar-refractivity contribution in [2.24, 2.45) is 23.2 Å². The van der Waals surface area contributed by atoms with Crippen molar-refractivity contribution < 1.29 is 0 Å². The quantitative estimate of drug-likeness (QED) is 0.587. The van der Waals surface area contributed by atoms with Crippen LogP contribution in [0.25, 0.3) is 0 Å². The van der Waals surface area contributed by atoms with E-state index < -0.39 is 0 Å². The van der Waals surface area contributed by atoms with E-state index in [4.69, 9.17) is 0 Å². The van der Waals surface area contributed by atoms with Crippen molar-refractivity contribution in [1.29, 1.82) is 0 Å². The van der Waals surface area contributed by atoms with Crippen molar-refractivity contribution in [2.45, 2.75) is 60.3 Å². The maximum atomic E-state index is 2.47. The Bertz CT molecular complexity index is 161. The van der Waals surface area contributed by atoms with Gasteiger partial charge in [-0.05, 0) is 36.0 Å². The van der Waals surface area contributed by atoms with Gasteiger partial charge in [-0.1, -0.05) is 47.5 Å². The van der Waals surface area contributed by atoms with Crippen molar-refractivity contribution in [3.8, 4) is 0 Å². The topological polar surface area (TPSA) is 0 Å². The van der Waals surface area contributed by atoms with Gasteiger partial charge in [0.1, 0.15) is 0 Å². The fraction of sp³-hybridized carbons (Fsp3) is 1.00. The second kappa shape index (κ2) is 4.02. The highest BCUT2D eigenvalue weighted by Gasteiger charge is 2.49. The summed E-state index contributed by atoms with van der Waals surface area (Å²) in [4.78, 5) is 0. The fourth-order valence-electron chi connectivity index (χ4n) is 2.36. The van der Waals surface area contributed by atoms with Gasteiger partial charge in [0, 0.05) is 0 Å². The van der Waals surface area contributed by atoms with Gasteiger partial charge in [-0.25, -0.2) is 0 Å². The SMILES string of the molecule is CCC(C)CCC(C)C1(C)CC1C. The first-order chi connectivity index (χ1) is 6.00. The van der Waals surface area contributed by atoms with Crippen LogP contribution >= 0.6 is 0 Å². The molecule has 0 bridgehead atoms. The lowest BCUT2D eigenvalue weighted by atomic mass is 9.84. The molecule has 4 unspecified atom stereocenters. The van der Waals surface area contributed by atoms with Crippen LogP contribution in [0, 0.1) is 23.2 Å². The molecule has 4 atom stereocenters. The predicted molar refractivity (Wildman–Crippen MR) is 59.7 cm³/mol. The molecule has 0 heterocycles. The third kappa shape index (κ3) is 2.48. The van der Waals surface area contributed by atoms with Crippen LogP contribution in [0.2, 0.25) is 0 Å². The smallest absolute Gasteiger partial charge is 0.0272 e. The summed E-state index contributed by atoms with van der Waals surface area (Å²) in [7, 11) is 0. The van der Waals surface area contributed by atoms with Crippen molar-refractivity contribution in [3.05, 3.63) is 0 Å². The van der Waals surface area contributed by atoms with Gasteiger partial charge in [0.15, 0.2) is 0 Å². The van der Waals surface area contributed by atoms with Crippen molar-refractivity contribution in [3.63, 3.8) is 0 Å². The Morgan fingerprint density at radius 3 is 2.23 bits per heavy atom. The van der Waals surface area contributed by atoms with E-state index in [0.29, 0.717) is 5.41 Å². The average molecular weight is 182 g/mol. The zero-order valence-electron chi connectivity index (χ0n) is 10.1. The van der Waals surface area contributed by atoms with Crippen LogP contribution in [0.1, 0.15) is 60.3 Å². The molecule has 0 aromatic carbocycles. The van der Waals surface area contributed by atoms with Crippen molar-refractivity contribution in [1.82, 2.24) is 0 Å². The Balaban J connectivity index is 2.22. The highest BCUT2D eigenvalue weighted by Crippen LogP contribution is 2.58. The van der Waals surface area contributed by atoms with Gasteiger partial charge in [-0.15, -0.1) is 0 Å². The van der Waals surface area contributed by atoms with E-state index in [2.05, 4.69) is 34.6 Å². The minimum absolute atomic E-state index is 0.702. The van der Waals surface area contributed by atoms with Gasteiger partial charge in [0.05, 0.1) is 0 Å². The molecule has 0 saturated heterocycles. The highest BCUT2D eigenvalue weighted by molar-refractivity contribution is 4.99. The molecule has 1 fully saturated rings. The molecule has 0 heteroatoms. The molecule has 1 aliphatic rings. The standard InChI is InChI=1S/C13H26/c1-6-10(2)7-8-11(3)13(5)9-12(13)4/h10-12H,6-9H2,1-5H3. The van der Waals surface area contributed by atoms with Crippen LogP contribution < -0.4 is 0 Å². The molecule has 1 rings (SSSR count). The molecule has 0 radical (unpaired) electrons. The normalized spacial score (nSPS) is 37.2. The summed E-state index contributed by atoms with van der Waals surface area (Å²) >= 11 is 0. The molecule has 0 aliphatic heterocycles. The molecular formula is C13H26. The Kier molecular flexibility index (Phi) is 3.43. The Labute approximate surface area is 84.1 Å². The third-order valence-corrected chi connectivity index (χ3v) is 4.63. The van der Waals surface area contributed by atoms with Crippen LogP contribution in [0.3, 0.4) is 0 Å². The number of hydrogen-bond acceptors (Lipinski definition) is 0. The zero-order chi connectivity index (χ0) is 10.1. The van der Waals surface area contributed by atoms with Gasteiger partial charge in [0.25, 0.3) is 0 Å². The van der Waals surface area contributed by atoms with Gasteiger partial charge < -0.3 is 0 Å². The first-order valence-corrected chi connectivity index (χ1v) is 6.00. The highest BCUT2D eigenvalue weighted by atomic mass is 14.5. The van der Waals surface area contributed by atoms with Gasteiger partial charge in [0.2, 0.25) is 0 Å². The Morgan fingerprint density at radius 2 is 1.85 bits per heavy atom. The van der Waals surface area contributed by atoms with Gasteiger partial charge in [-0.2, -0.15) is 0 Å². The van der Waals surface area contributed by atoms with Gasteiger partial charge in [-0.3, -0.25) is 0 Å². The second-order valence-electron chi connectivity index (χ2n) is 5.60. The number of hydrogen-bond donors (Lipinski definition) is 0. The average Bonchev–Trinajstić information content (AvgIpc) is 2.71. The maximum absolute atomic E-state index is 2.47. The number of rotatable bonds is 5. The summed E-state index contributed by atoms with van der Waals surface area (Å²) in [5.74, 6) is 2.86. The Hall–Kier alpha value is 0. The molecule has 0 amide bonds. The van der Waals surface area contributed by atoms with Crippen molar-refractivity contribution in [2.75, 3.05) is 0 Å². The molecule has 0 N–H and O–H groups in total. The first-order valence-electron chi connectivity index (χ1n) is 6.00. The van der Waals surface area contributed by atoms with Crippen LogP contribution in [0.15, 0.2) is 0 Å². The second-order valence-corrected chi connectivity index (χ2v) is 5.60. The molecule has 78 valence electrons. The summed E-state index contributed by atoms with van der Waals surface area (Å²) in [5, 5.41) is 0. The molecule has 13 heavy (non-hydrogen) atoms. The van der Waals surface area contributed by atoms with Crippen LogP contribution in [-0.4, -0.2) is 0 Å². The molecule has 1 saturated carbocycles. The van der Waals surface area contributed by atoms with E-state index >= 15 is 0 Å². The van der Waals surface area contributed by atoms with E-state index in [0.717, 1.165) is 17.8 Å². The van der Waals surface area contributed by atoms with Crippen LogP contribution in [0.4, 0.5) is 0 Å². The zero-order valence-corrected chi connectivity index (χ0v) is 10.1. The third-order valence-electron chi connectivity index (χ3n) is 4.63. The molecule has 0 spiro atoms. The predicted octanol–water partition coefficient (Wildman–Crippen LogP) is 4.49. The van der Waals surface area contributed by atoms with E-state index in [9.17, 15) is 0 Å². The lowest BCUT2D eigenvalue weighted by molar-refractivity contribution is 0.292.